The maximum absolute atomic E-state index is 8.49. The fourth-order valence-electron chi connectivity index (χ4n) is 0.689. The van der Waals surface area contributed by atoms with Crippen LogP contribution in [0.2, 0.25) is 0 Å². The highest BCUT2D eigenvalue weighted by Gasteiger charge is 2.27. The van der Waals surface area contributed by atoms with E-state index in [1.807, 2.05) is 0 Å². The fraction of sp³-hybridized carbons (Fsp3) is 1.00. The Balaban J connectivity index is 0. The van der Waals surface area contributed by atoms with Crippen molar-refractivity contribution < 1.29 is 29.5 Å². The fourth-order valence-corrected chi connectivity index (χ4v) is 0.689. The third-order valence-corrected chi connectivity index (χ3v) is 1.18. The number of aliphatic hydroxyl groups is 3. The van der Waals surface area contributed by atoms with Crippen LogP contribution in [0.25, 0.3) is 0 Å². The predicted octanol–water partition coefficient (Wildman–Crippen LogP) is -2.00. The summed E-state index contributed by atoms with van der Waals surface area (Å²) < 4.78 is 14.5. The molecular weight excluding hydrogens is 230 g/mol. The lowest BCUT2D eigenvalue weighted by molar-refractivity contribution is -0.381. The molecule has 0 amide bonds. The van der Waals surface area contributed by atoms with Gasteiger partial charge in [0, 0.05) is 0 Å². The zero-order chi connectivity index (χ0) is 10.9. The lowest BCUT2D eigenvalue weighted by atomic mass is 10.7. The van der Waals surface area contributed by atoms with Crippen LogP contribution in [0.1, 0.15) is 0 Å². The summed E-state index contributed by atoms with van der Waals surface area (Å²) in [6.45, 7) is -0.883. The van der Waals surface area contributed by atoms with Gasteiger partial charge in [-0.1, -0.05) is 0 Å². The highest BCUT2D eigenvalue weighted by atomic mass is 35.5. The molecule has 0 saturated heterocycles. The Bertz CT molecular complexity index is 117. The zero-order valence-corrected chi connectivity index (χ0v) is 9.11. The number of rotatable bonds is 9. The largest absolute Gasteiger partial charge is 0.394 e. The first kappa shape index (κ1) is 17.4. The van der Waals surface area contributed by atoms with Crippen LogP contribution in [-0.4, -0.2) is 61.1 Å². The molecule has 0 spiro atoms. The van der Waals surface area contributed by atoms with Crippen molar-refractivity contribution in [1.82, 2.24) is 0 Å². The number of hydrogen-bond donors (Lipinski definition) is 4. The average molecular weight is 248 g/mol. The van der Waals surface area contributed by atoms with Crippen molar-refractivity contribution in [3.8, 4) is 0 Å². The smallest absolute Gasteiger partial charge is 0.348 e. The van der Waals surface area contributed by atoms with Gasteiger partial charge in [-0.15, -0.1) is 12.4 Å². The molecule has 0 aliphatic rings. The first-order valence-electron chi connectivity index (χ1n) is 4.22. The van der Waals surface area contributed by atoms with Gasteiger partial charge in [-0.2, -0.15) is 0 Å². The normalized spacial score (nSPS) is 11.2. The second kappa shape index (κ2) is 10.5. The molecule has 0 aromatic carbocycles. The Morgan fingerprint density at radius 1 is 0.800 bits per heavy atom. The van der Waals surface area contributed by atoms with Crippen molar-refractivity contribution in [2.45, 2.75) is 6.10 Å². The lowest BCUT2D eigenvalue weighted by Crippen LogP contribution is -2.50. The van der Waals surface area contributed by atoms with E-state index in [-0.39, 0.29) is 52.0 Å². The number of nitrogens with two attached hydrogens (primary N) is 1. The maximum atomic E-state index is 8.49. The number of aliphatic hydroxyl groups excluding tert-OH is 3. The molecule has 0 bridgehead atoms. The number of hydrogen-bond acceptors (Lipinski definition) is 7. The molecule has 94 valence electrons. The van der Waals surface area contributed by atoms with Gasteiger partial charge in [0.15, 0.2) is 0 Å². The minimum Gasteiger partial charge on any atom is -0.394 e. The van der Waals surface area contributed by atoms with Gasteiger partial charge in [0.2, 0.25) is 0 Å². The summed E-state index contributed by atoms with van der Waals surface area (Å²) in [7, 11) is 0. The van der Waals surface area contributed by atoms with Gasteiger partial charge in [-0.25, -0.2) is 0 Å². The molecule has 0 aromatic heterocycles. The van der Waals surface area contributed by atoms with E-state index in [0.717, 1.165) is 0 Å². The topological polar surface area (TPSA) is 114 Å². The molecule has 0 aliphatic heterocycles. The van der Waals surface area contributed by atoms with Crippen molar-refractivity contribution in [2.24, 2.45) is 5.73 Å². The Morgan fingerprint density at radius 3 is 1.27 bits per heavy atom. The van der Waals surface area contributed by atoms with Gasteiger partial charge in [0.1, 0.15) is 0 Å². The van der Waals surface area contributed by atoms with Crippen molar-refractivity contribution >= 4 is 12.4 Å². The van der Waals surface area contributed by atoms with E-state index in [1.54, 1.807) is 0 Å². The molecule has 0 heterocycles. The summed E-state index contributed by atoms with van der Waals surface area (Å²) in [5, 5.41) is 25.5. The van der Waals surface area contributed by atoms with Crippen LogP contribution >= 0.6 is 12.4 Å². The van der Waals surface area contributed by atoms with Crippen molar-refractivity contribution in [3.63, 3.8) is 0 Å². The lowest BCUT2D eigenvalue weighted by Gasteiger charge is -2.27. The van der Waals surface area contributed by atoms with Gasteiger partial charge in [0.05, 0.1) is 39.6 Å². The number of ether oxygens (including phenoxy) is 3. The van der Waals surface area contributed by atoms with Crippen LogP contribution in [0.3, 0.4) is 0 Å². The average Bonchev–Trinajstić information content (AvgIpc) is 2.21. The maximum Gasteiger partial charge on any atom is 0.348 e. The molecule has 7 nitrogen and oxygen atoms in total. The summed E-state index contributed by atoms with van der Waals surface area (Å²) in [4.78, 5) is 0. The zero-order valence-electron chi connectivity index (χ0n) is 8.29. The summed E-state index contributed by atoms with van der Waals surface area (Å²) in [6.07, 6.45) is -1.83. The van der Waals surface area contributed by atoms with E-state index in [9.17, 15) is 0 Å². The van der Waals surface area contributed by atoms with Crippen molar-refractivity contribution in [1.29, 1.82) is 0 Å². The summed E-state index contributed by atoms with van der Waals surface area (Å²) in [5.41, 5.74) is 5.46. The second-order valence-electron chi connectivity index (χ2n) is 2.32. The monoisotopic (exact) mass is 247 g/mol. The minimum absolute atomic E-state index is 0. The molecule has 0 radical (unpaired) electrons. The molecule has 0 fully saturated rings. The van der Waals surface area contributed by atoms with E-state index < -0.39 is 6.10 Å². The number of halogens is 1. The molecule has 15 heavy (non-hydrogen) atoms. The minimum atomic E-state index is -1.83. The van der Waals surface area contributed by atoms with E-state index in [4.69, 9.17) is 35.3 Å². The quantitative estimate of drug-likeness (QED) is 0.349. The van der Waals surface area contributed by atoms with Gasteiger partial charge in [0.25, 0.3) is 0 Å². The van der Waals surface area contributed by atoms with E-state index in [2.05, 4.69) is 0 Å². The molecule has 8 heteroatoms. The summed E-state index contributed by atoms with van der Waals surface area (Å²) in [5.74, 6) is 0. The van der Waals surface area contributed by atoms with E-state index in [1.165, 1.54) is 0 Å². The van der Waals surface area contributed by atoms with Gasteiger partial charge in [-0.05, 0) is 0 Å². The van der Waals surface area contributed by atoms with Gasteiger partial charge in [-0.3, -0.25) is 5.73 Å². The Morgan fingerprint density at radius 2 is 1.07 bits per heavy atom. The third-order valence-electron chi connectivity index (χ3n) is 1.18. The Hall–Kier alpha value is 0.01000. The molecule has 0 aliphatic carbocycles. The summed E-state index contributed by atoms with van der Waals surface area (Å²) in [6, 6.07) is 0. The highest BCUT2D eigenvalue weighted by Crippen LogP contribution is 2.07. The third kappa shape index (κ3) is 8.97. The Labute approximate surface area is 94.1 Å². The van der Waals surface area contributed by atoms with E-state index in [0.29, 0.717) is 0 Å². The SMILES string of the molecule is Cl.NC(OCCO)(OCCO)OCCO. The van der Waals surface area contributed by atoms with E-state index >= 15 is 0 Å². The first-order chi connectivity index (χ1) is 6.68. The van der Waals surface area contributed by atoms with Crippen LogP contribution in [0.4, 0.5) is 0 Å². The van der Waals surface area contributed by atoms with Crippen LogP contribution in [-0.2, 0) is 14.2 Å². The summed E-state index contributed by atoms with van der Waals surface area (Å²) >= 11 is 0. The van der Waals surface area contributed by atoms with Crippen LogP contribution in [0, 0.1) is 0 Å². The second-order valence-corrected chi connectivity index (χ2v) is 2.32. The standard InChI is InChI=1S/C7H17NO6.ClH/c8-7(12-4-1-9,13-5-2-10)14-6-3-11;/h9-11H,1-6,8H2;1H. The molecule has 5 N–H and O–H groups in total. The van der Waals surface area contributed by atoms with Gasteiger partial charge < -0.3 is 29.5 Å². The van der Waals surface area contributed by atoms with Crippen molar-refractivity contribution in [3.05, 3.63) is 0 Å². The molecule has 0 aromatic rings. The van der Waals surface area contributed by atoms with Crippen LogP contribution in [0.15, 0.2) is 0 Å². The molecule has 0 saturated carbocycles. The molecule has 0 rings (SSSR count). The predicted molar refractivity (Wildman–Crippen MR) is 53.3 cm³/mol. The Kier molecular flexibility index (Phi) is 12.2. The van der Waals surface area contributed by atoms with Crippen LogP contribution < -0.4 is 5.73 Å². The molecular formula is C7H18ClNO6. The molecule has 0 atom stereocenters. The highest BCUT2D eigenvalue weighted by molar-refractivity contribution is 5.85. The van der Waals surface area contributed by atoms with Crippen LogP contribution in [0.5, 0.6) is 0 Å². The van der Waals surface area contributed by atoms with Crippen molar-refractivity contribution in [2.75, 3.05) is 39.6 Å². The van der Waals surface area contributed by atoms with Gasteiger partial charge >= 0.3 is 6.10 Å². The molecule has 0 unspecified atom stereocenters. The first-order valence-corrected chi connectivity index (χ1v) is 4.22.